The molecule has 0 aromatic rings. The third kappa shape index (κ3) is 6.03. The molecule has 4 nitrogen and oxygen atoms in total. The smallest absolute Gasteiger partial charge is 0.222 e. The summed E-state index contributed by atoms with van der Waals surface area (Å²) in [6.07, 6.45) is 7.14. The fourth-order valence-corrected chi connectivity index (χ4v) is 2.16. The number of ether oxygens (including phenoxy) is 1. The van der Waals surface area contributed by atoms with E-state index in [1.54, 1.807) is 0 Å². The van der Waals surface area contributed by atoms with Gasteiger partial charge >= 0.3 is 0 Å². The minimum Gasteiger partial charge on any atom is -0.378 e. The summed E-state index contributed by atoms with van der Waals surface area (Å²) in [4.78, 5) is 11.8. The van der Waals surface area contributed by atoms with E-state index >= 15 is 0 Å². The average molecular weight is 242 g/mol. The minimum absolute atomic E-state index is 0.0865. The molecule has 1 heterocycles. The molecule has 1 rings (SSSR count). The van der Waals surface area contributed by atoms with Gasteiger partial charge in [0.2, 0.25) is 5.91 Å². The summed E-state index contributed by atoms with van der Waals surface area (Å²) in [5.74, 6) is 0.0865. The second-order valence-corrected chi connectivity index (χ2v) is 4.84. The Hall–Kier alpha value is -0.610. The number of nitrogens with one attached hydrogen (secondary N) is 1. The lowest BCUT2D eigenvalue weighted by molar-refractivity contribution is -0.125. The van der Waals surface area contributed by atoms with Gasteiger partial charge in [0.25, 0.3) is 0 Å². The van der Waals surface area contributed by atoms with Gasteiger partial charge in [0.15, 0.2) is 0 Å². The standard InChI is InChI=1S/C13H26N2O2/c1-2-3-6-11(10-14)15-13(16)9-12-7-4-5-8-17-12/h11-12H,2-10,14H2,1H3,(H,15,16). The molecule has 0 radical (unpaired) electrons. The second-order valence-electron chi connectivity index (χ2n) is 4.84. The van der Waals surface area contributed by atoms with Crippen LogP contribution in [0.25, 0.3) is 0 Å². The molecule has 1 saturated heterocycles. The van der Waals surface area contributed by atoms with Crippen LogP contribution < -0.4 is 11.1 Å². The molecule has 2 atom stereocenters. The molecule has 4 heteroatoms. The maximum atomic E-state index is 11.8. The molecular formula is C13H26N2O2. The first-order valence-electron chi connectivity index (χ1n) is 6.87. The highest BCUT2D eigenvalue weighted by Crippen LogP contribution is 2.15. The number of hydrogen-bond donors (Lipinski definition) is 2. The Morgan fingerprint density at radius 2 is 2.35 bits per heavy atom. The first kappa shape index (κ1) is 14.5. The summed E-state index contributed by atoms with van der Waals surface area (Å²) in [6.45, 7) is 3.47. The van der Waals surface area contributed by atoms with E-state index in [9.17, 15) is 4.79 Å². The third-order valence-corrected chi connectivity index (χ3v) is 3.24. The molecule has 1 aliphatic heterocycles. The number of carbonyl (C=O) groups is 1. The lowest BCUT2D eigenvalue weighted by Crippen LogP contribution is -2.41. The predicted molar refractivity (Wildman–Crippen MR) is 68.7 cm³/mol. The SMILES string of the molecule is CCCCC(CN)NC(=O)CC1CCCCO1. The number of unbranched alkanes of at least 4 members (excludes halogenated alkanes) is 1. The van der Waals surface area contributed by atoms with Gasteiger partial charge in [-0.1, -0.05) is 19.8 Å². The molecule has 0 aliphatic carbocycles. The van der Waals surface area contributed by atoms with Crippen LogP contribution >= 0.6 is 0 Å². The van der Waals surface area contributed by atoms with E-state index in [2.05, 4.69) is 12.2 Å². The first-order valence-corrected chi connectivity index (χ1v) is 6.87. The summed E-state index contributed by atoms with van der Waals surface area (Å²) < 4.78 is 5.55. The fourth-order valence-electron chi connectivity index (χ4n) is 2.16. The van der Waals surface area contributed by atoms with Gasteiger partial charge in [0.1, 0.15) is 0 Å². The minimum atomic E-state index is 0.0865. The normalized spacial score (nSPS) is 22.1. The summed E-state index contributed by atoms with van der Waals surface area (Å²) in [6, 6.07) is 0.131. The van der Waals surface area contributed by atoms with Crippen LogP contribution in [0.5, 0.6) is 0 Å². The van der Waals surface area contributed by atoms with Crippen LogP contribution in [0.2, 0.25) is 0 Å². The molecule has 1 fully saturated rings. The molecule has 17 heavy (non-hydrogen) atoms. The maximum absolute atomic E-state index is 11.8. The lowest BCUT2D eigenvalue weighted by Gasteiger charge is -2.23. The van der Waals surface area contributed by atoms with E-state index in [0.717, 1.165) is 38.7 Å². The van der Waals surface area contributed by atoms with E-state index < -0.39 is 0 Å². The van der Waals surface area contributed by atoms with Crippen molar-refractivity contribution in [3.63, 3.8) is 0 Å². The van der Waals surface area contributed by atoms with E-state index in [1.807, 2.05) is 0 Å². The molecule has 3 N–H and O–H groups in total. The third-order valence-electron chi connectivity index (χ3n) is 3.24. The van der Waals surface area contributed by atoms with Crippen molar-refractivity contribution in [1.29, 1.82) is 0 Å². The Bertz CT molecular complexity index is 215. The van der Waals surface area contributed by atoms with E-state index in [-0.39, 0.29) is 18.1 Å². The number of carbonyl (C=O) groups excluding carboxylic acids is 1. The van der Waals surface area contributed by atoms with Crippen molar-refractivity contribution in [1.82, 2.24) is 5.32 Å². The Morgan fingerprint density at radius 1 is 1.53 bits per heavy atom. The van der Waals surface area contributed by atoms with Gasteiger partial charge in [-0.25, -0.2) is 0 Å². The topological polar surface area (TPSA) is 64.3 Å². The zero-order chi connectivity index (χ0) is 12.5. The highest BCUT2D eigenvalue weighted by Gasteiger charge is 2.19. The van der Waals surface area contributed by atoms with Crippen molar-refractivity contribution in [2.24, 2.45) is 5.73 Å². The monoisotopic (exact) mass is 242 g/mol. The molecule has 1 aliphatic rings. The summed E-state index contributed by atoms with van der Waals surface area (Å²) >= 11 is 0. The van der Waals surface area contributed by atoms with Crippen LogP contribution in [-0.2, 0) is 9.53 Å². The van der Waals surface area contributed by atoms with Crippen molar-refractivity contribution in [3.05, 3.63) is 0 Å². The second kappa shape index (κ2) is 8.48. The van der Waals surface area contributed by atoms with Crippen LogP contribution in [0, 0.1) is 0 Å². The van der Waals surface area contributed by atoms with E-state index in [1.165, 1.54) is 6.42 Å². The zero-order valence-electron chi connectivity index (χ0n) is 10.9. The lowest BCUT2D eigenvalue weighted by atomic mass is 10.1. The molecule has 1 amide bonds. The van der Waals surface area contributed by atoms with Crippen LogP contribution in [0.15, 0.2) is 0 Å². The first-order chi connectivity index (χ1) is 8.26. The van der Waals surface area contributed by atoms with Crippen molar-refractivity contribution in [2.75, 3.05) is 13.2 Å². The molecule has 0 aromatic heterocycles. The molecule has 0 spiro atoms. The average Bonchev–Trinajstić information content (AvgIpc) is 2.35. The molecular weight excluding hydrogens is 216 g/mol. The number of rotatable bonds is 7. The summed E-state index contributed by atoms with van der Waals surface area (Å²) in [5, 5.41) is 3.00. The predicted octanol–water partition coefficient (Wildman–Crippen LogP) is 1.58. The summed E-state index contributed by atoms with van der Waals surface area (Å²) in [5.41, 5.74) is 5.65. The molecule has 2 unspecified atom stereocenters. The van der Waals surface area contributed by atoms with Crippen molar-refractivity contribution >= 4 is 5.91 Å². The van der Waals surface area contributed by atoms with Crippen molar-refractivity contribution < 1.29 is 9.53 Å². The highest BCUT2D eigenvalue weighted by atomic mass is 16.5. The summed E-state index contributed by atoms with van der Waals surface area (Å²) in [7, 11) is 0. The van der Waals surface area contributed by atoms with E-state index in [0.29, 0.717) is 13.0 Å². The van der Waals surface area contributed by atoms with E-state index in [4.69, 9.17) is 10.5 Å². The molecule has 0 bridgehead atoms. The van der Waals surface area contributed by atoms with Gasteiger partial charge in [0.05, 0.1) is 12.5 Å². The van der Waals surface area contributed by atoms with Crippen LogP contribution in [-0.4, -0.2) is 31.2 Å². The van der Waals surface area contributed by atoms with Crippen LogP contribution in [0.3, 0.4) is 0 Å². The highest BCUT2D eigenvalue weighted by molar-refractivity contribution is 5.76. The van der Waals surface area contributed by atoms with Crippen molar-refractivity contribution in [3.8, 4) is 0 Å². The largest absolute Gasteiger partial charge is 0.378 e. The Kier molecular flexibility index (Phi) is 7.21. The number of amides is 1. The van der Waals surface area contributed by atoms with Gasteiger partial charge in [-0.3, -0.25) is 4.79 Å². The maximum Gasteiger partial charge on any atom is 0.222 e. The number of hydrogen-bond acceptors (Lipinski definition) is 3. The molecule has 0 saturated carbocycles. The zero-order valence-corrected chi connectivity index (χ0v) is 10.9. The van der Waals surface area contributed by atoms with Gasteiger partial charge in [-0.15, -0.1) is 0 Å². The fraction of sp³-hybridized carbons (Fsp3) is 0.923. The van der Waals surface area contributed by atoms with Gasteiger partial charge in [0, 0.05) is 19.2 Å². The van der Waals surface area contributed by atoms with Crippen LogP contribution in [0.1, 0.15) is 51.9 Å². The van der Waals surface area contributed by atoms with Gasteiger partial charge in [-0.2, -0.15) is 0 Å². The van der Waals surface area contributed by atoms with Gasteiger partial charge < -0.3 is 15.8 Å². The van der Waals surface area contributed by atoms with Gasteiger partial charge in [-0.05, 0) is 25.7 Å². The van der Waals surface area contributed by atoms with Crippen LogP contribution in [0.4, 0.5) is 0 Å². The number of nitrogens with two attached hydrogens (primary N) is 1. The Morgan fingerprint density at radius 3 is 2.94 bits per heavy atom. The quantitative estimate of drug-likeness (QED) is 0.712. The molecule has 100 valence electrons. The Labute approximate surface area is 104 Å². The van der Waals surface area contributed by atoms with Crippen molar-refractivity contribution in [2.45, 2.75) is 64.0 Å². The Balaban J connectivity index is 2.21. The molecule has 0 aromatic carbocycles.